The molecule has 6 nitrogen and oxygen atoms in total. The molecule has 0 atom stereocenters. The molecule has 6 heteroatoms. The topological polar surface area (TPSA) is 65.1 Å². The summed E-state index contributed by atoms with van der Waals surface area (Å²) in [6, 6.07) is 5.05. The Morgan fingerprint density at radius 1 is 1.27 bits per heavy atom. The number of esters is 1. The Balaban J connectivity index is 2.21. The maximum Gasteiger partial charge on any atom is 0.410 e. The summed E-state index contributed by atoms with van der Waals surface area (Å²) in [4.78, 5) is 25.4. The van der Waals surface area contributed by atoms with Gasteiger partial charge in [-0.15, -0.1) is 0 Å². The molecule has 0 saturated heterocycles. The zero-order chi connectivity index (χ0) is 16.3. The third kappa shape index (κ3) is 3.90. The number of carbonyl (C=O) groups is 2. The Morgan fingerprint density at radius 3 is 2.64 bits per heavy atom. The van der Waals surface area contributed by atoms with E-state index >= 15 is 0 Å². The number of hydrogen-bond donors (Lipinski definition) is 0. The third-order valence-corrected chi connectivity index (χ3v) is 3.11. The maximum atomic E-state index is 12.2. The molecule has 0 bridgehead atoms. The van der Waals surface area contributed by atoms with E-state index in [1.54, 1.807) is 23.1 Å². The molecule has 0 N–H and O–H groups in total. The molecule has 0 spiro atoms. The van der Waals surface area contributed by atoms with Crippen molar-refractivity contribution in [1.82, 2.24) is 4.90 Å². The molecule has 22 heavy (non-hydrogen) atoms. The zero-order valence-corrected chi connectivity index (χ0v) is 13.3. The van der Waals surface area contributed by atoms with Gasteiger partial charge in [0.2, 0.25) is 0 Å². The Labute approximate surface area is 129 Å². The van der Waals surface area contributed by atoms with E-state index in [1.165, 1.54) is 7.11 Å². The number of benzene rings is 1. The van der Waals surface area contributed by atoms with Crippen LogP contribution in [0.4, 0.5) is 4.79 Å². The molecule has 0 radical (unpaired) electrons. The molecular weight excluding hydrogens is 286 g/mol. The number of ether oxygens (including phenoxy) is 3. The molecule has 1 amide bonds. The fraction of sp³-hybridized carbons (Fsp3) is 0.500. The van der Waals surface area contributed by atoms with Crippen LogP contribution in [-0.4, -0.2) is 42.8 Å². The predicted octanol–water partition coefficient (Wildman–Crippen LogP) is 2.60. The van der Waals surface area contributed by atoms with Gasteiger partial charge in [0.05, 0.1) is 25.8 Å². The van der Waals surface area contributed by atoms with E-state index in [4.69, 9.17) is 14.2 Å². The van der Waals surface area contributed by atoms with E-state index in [1.807, 2.05) is 20.8 Å². The summed E-state index contributed by atoms with van der Waals surface area (Å²) in [5.74, 6) is 0.245. The van der Waals surface area contributed by atoms with Crippen molar-refractivity contribution < 1.29 is 23.8 Å². The number of amides is 1. The summed E-state index contributed by atoms with van der Waals surface area (Å²) in [6.45, 7) is 6.60. The summed E-state index contributed by atoms with van der Waals surface area (Å²) >= 11 is 0. The predicted molar refractivity (Wildman–Crippen MR) is 79.9 cm³/mol. The van der Waals surface area contributed by atoms with E-state index in [-0.39, 0.29) is 0 Å². The highest BCUT2D eigenvalue weighted by atomic mass is 16.6. The monoisotopic (exact) mass is 307 g/mol. The lowest BCUT2D eigenvalue weighted by Gasteiger charge is -2.26. The Morgan fingerprint density at radius 2 is 2.00 bits per heavy atom. The summed E-state index contributed by atoms with van der Waals surface area (Å²) in [5.41, 5.74) is 0.628. The molecule has 1 aromatic rings. The van der Waals surface area contributed by atoms with Crippen molar-refractivity contribution in [3.05, 3.63) is 29.3 Å². The number of carbonyl (C=O) groups excluding carboxylic acids is 2. The molecule has 120 valence electrons. The fourth-order valence-electron chi connectivity index (χ4n) is 2.12. The van der Waals surface area contributed by atoms with Crippen LogP contribution in [0.1, 0.15) is 36.7 Å². The fourth-order valence-corrected chi connectivity index (χ4v) is 2.12. The van der Waals surface area contributed by atoms with Gasteiger partial charge in [0, 0.05) is 5.56 Å². The number of rotatable bonds is 1. The minimum Gasteiger partial charge on any atom is -0.491 e. The lowest BCUT2D eigenvalue weighted by Crippen LogP contribution is -2.37. The van der Waals surface area contributed by atoms with Crippen molar-refractivity contribution in [2.24, 2.45) is 0 Å². The molecule has 1 aliphatic heterocycles. The van der Waals surface area contributed by atoms with Crippen LogP contribution < -0.4 is 4.74 Å². The van der Waals surface area contributed by atoms with E-state index < -0.39 is 17.7 Å². The van der Waals surface area contributed by atoms with Gasteiger partial charge in [0.25, 0.3) is 0 Å². The van der Waals surface area contributed by atoms with Crippen molar-refractivity contribution >= 4 is 12.1 Å². The second-order valence-electron chi connectivity index (χ2n) is 6.06. The molecule has 0 aromatic heterocycles. The average Bonchev–Trinajstić information content (AvgIpc) is 2.66. The highest BCUT2D eigenvalue weighted by Crippen LogP contribution is 2.25. The highest BCUT2D eigenvalue weighted by molar-refractivity contribution is 5.89. The van der Waals surface area contributed by atoms with Crippen LogP contribution >= 0.6 is 0 Å². The summed E-state index contributed by atoms with van der Waals surface area (Å²) in [7, 11) is 1.33. The highest BCUT2D eigenvalue weighted by Gasteiger charge is 2.25. The Hall–Kier alpha value is -2.24. The molecule has 1 heterocycles. The van der Waals surface area contributed by atoms with Crippen molar-refractivity contribution in [2.75, 3.05) is 20.3 Å². The van der Waals surface area contributed by atoms with Crippen molar-refractivity contribution in [3.8, 4) is 5.75 Å². The number of nitrogens with zero attached hydrogens (tertiary/aromatic N) is 1. The zero-order valence-electron chi connectivity index (χ0n) is 13.3. The first kappa shape index (κ1) is 16.1. The van der Waals surface area contributed by atoms with Gasteiger partial charge in [0.15, 0.2) is 0 Å². The quantitative estimate of drug-likeness (QED) is 0.746. The molecule has 0 aliphatic carbocycles. The smallest absolute Gasteiger partial charge is 0.410 e. The van der Waals surface area contributed by atoms with Gasteiger partial charge in [-0.05, 0) is 39.0 Å². The molecule has 1 aromatic carbocycles. The third-order valence-electron chi connectivity index (χ3n) is 3.11. The molecule has 0 saturated carbocycles. The normalized spacial score (nSPS) is 14.5. The summed E-state index contributed by atoms with van der Waals surface area (Å²) < 4.78 is 15.7. The SMILES string of the molecule is COC(=O)c1ccc2c(c1)CN(C(=O)OC(C)(C)C)CCO2. The van der Waals surface area contributed by atoms with Crippen LogP contribution in [0.25, 0.3) is 0 Å². The van der Waals surface area contributed by atoms with Crippen LogP contribution in [0.5, 0.6) is 5.75 Å². The first-order valence-corrected chi connectivity index (χ1v) is 7.12. The minimum absolute atomic E-state index is 0.328. The van der Waals surface area contributed by atoms with Gasteiger partial charge in [-0.1, -0.05) is 0 Å². The Kier molecular flexibility index (Phi) is 4.59. The second kappa shape index (κ2) is 6.25. The minimum atomic E-state index is -0.555. The summed E-state index contributed by atoms with van der Waals surface area (Å²) in [6.07, 6.45) is -0.396. The standard InChI is InChI=1S/C16H21NO5/c1-16(2,3)22-15(19)17-7-8-21-13-6-5-11(14(18)20-4)9-12(13)10-17/h5-6,9H,7-8,10H2,1-4H3. The van der Waals surface area contributed by atoms with E-state index in [9.17, 15) is 9.59 Å². The van der Waals surface area contributed by atoms with Gasteiger partial charge in [-0.2, -0.15) is 0 Å². The molecule has 0 fully saturated rings. The van der Waals surface area contributed by atoms with Crippen LogP contribution in [0, 0.1) is 0 Å². The maximum absolute atomic E-state index is 12.2. The first-order chi connectivity index (χ1) is 10.3. The molecule has 1 aliphatic rings. The van der Waals surface area contributed by atoms with Gasteiger partial charge >= 0.3 is 12.1 Å². The van der Waals surface area contributed by atoms with Crippen LogP contribution in [0.3, 0.4) is 0 Å². The number of hydrogen-bond acceptors (Lipinski definition) is 5. The van der Waals surface area contributed by atoms with Crippen LogP contribution in [0.2, 0.25) is 0 Å². The van der Waals surface area contributed by atoms with E-state index in [0.717, 1.165) is 5.56 Å². The van der Waals surface area contributed by atoms with E-state index in [0.29, 0.717) is 31.0 Å². The van der Waals surface area contributed by atoms with Crippen LogP contribution in [0.15, 0.2) is 18.2 Å². The largest absolute Gasteiger partial charge is 0.491 e. The van der Waals surface area contributed by atoms with E-state index in [2.05, 4.69) is 0 Å². The van der Waals surface area contributed by atoms with Crippen molar-refractivity contribution in [3.63, 3.8) is 0 Å². The average molecular weight is 307 g/mol. The molecular formula is C16H21NO5. The lowest BCUT2D eigenvalue weighted by atomic mass is 10.1. The number of fused-ring (bicyclic) bond motifs is 1. The lowest BCUT2D eigenvalue weighted by molar-refractivity contribution is 0.0225. The first-order valence-electron chi connectivity index (χ1n) is 7.12. The van der Waals surface area contributed by atoms with Gasteiger partial charge in [-0.25, -0.2) is 9.59 Å². The van der Waals surface area contributed by atoms with Gasteiger partial charge < -0.3 is 19.1 Å². The molecule has 2 rings (SSSR count). The van der Waals surface area contributed by atoms with Crippen molar-refractivity contribution in [1.29, 1.82) is 0 Å². The summed E-state index contributed by atoms with van der Waals surface area (Å²) in [5, 5.41) is 0. The second-order valence-corrected chi connectivity index (χ2v) is 6.06. The van der Waals surface area contributed by atoms with Crippen LogP contribution in [-0.2, 0) is 16.0 Å². The van der Waals surface area contributed by atoms with Crippen molar-refractivity contribution in [2.45, 2.75) is 32.9 Å². The number of methoxy groups -OCH3 is 1. The Bertz CT molecular complexity index is 576. The van der Waals surface area contributed by atoms with Gasteiger partial charge in [-0.3, -0.25) is 0 Å². The van der Waals surface area contributed by atoms with Gasteiger partial charge in [0.1, 0.15) is 18.0 Å². The molecule has 0 unspecified atom stereocenters.